The van der Waals surface area contributed by atoms with Crippen LogP contribution in [0.2, 0.25) is 0 Å². The number of hydrogen-bond acceptors (Lipinski definition) is 2. The van der Waals surface area contributed by atoms with E-state index < -0.39 is 0 Å². The molecule has 0 bridgehead atoms. The molecule has 0 unspecified atom stereocenters. The fourth-order valence-corrected chi connectivity index (χ4v) is 1.44. The fraction of sp³-hybridized carbons (Fsp3) is 0.800. The number of rotatable bonds is 0. The molecular weight excluding hydrogens is 122 g/mol. The molecule has 1 aliphatic rings. The molecule has 0 radical (unpaired) electrons. The Morgan fingerprint density at radius 3 is 3.00 bits per heavy atom. The van der Waals surface area contributed by atoms with Crippen molar-refractivity contribution >= 4 is 17.7 Å². The Kier molecular flexibility index (Phi) is 1.78. The molecule has 1 aliphatic heterocycles. The molecule has 3 heteroatoms. The van der Waals surface area contributed by atoms with Crippen molar-refractivity contribution < 1.29 is 4.79 Å². The number of amides is 1. The minimum atomic E-state index is 0.170. The maximum absolute atomic E-state index is 10.7. The highest BCUT2D eigenvalue weighted by Gasteiger charge is 2.16. The summed E-state index contributed by atoms with van der Waals surface area (Å²) in [6, 6.07) is 0. The highest BCUT2D eigenvalue weighted by molar-refractivity contribution is 8.00. The van der Waals surface area contributed by atoms with Crippen LogP contribution in [0.3, 0.4) is 0 Å². The van der Waals surface area contributed by atoms with Crippen LogP contribution in [0.25, 0.3) is 0 Å². The van der Waals surface area contributed by atoms with Gasteiger partial charge < -0.3 is 5.32 Å². The van der Waals surface area contributed by atoms with Gasteiger partial charge in [-0.25, -0.2) is 0 Å². The zero-order valence-corrected chi connectivity index (χ0v) is 5.62. The molecule has 0 aliphatic carbocycles. The molecule has 0 saturated carbocycles. The van der Waals surface area contributed by atoms with E-state index in [1.54, 1.807) is 11.8 Å². The van der Waals surface area contributed by atoms with Crippen LogP contribution in [-0.4, -0.2) is 23.5 Å². The van der Waals surface area contributed by atoms with Gasteiger partial charge in [0.25, 0.3) is 0 Å². The molecule has 0 aromatic rings. The van der Waals surface area contributed by atoms with Crippen LogP contribution < -0.4 is 5.32 Å². The standard InChI is InChI=1S/C5H9NOS/c1-4-5(7)6-2-3-8-4/h4H,2-3H2,1H3,(H,6,7)/t4-/m0/s1. The Balaban J connectivity index is 2.39. The SMILES string of the molecule is C[C@@H]1SCCNC1=O. The number of carbonyl (C=O) groups is 1. The van der Waals surface area contributed by atoms with Gasteiger partial charge in [-0.1, -0.05) is 0 Å². The van der Waals surface area contributed by atoms with Crippen LogP contribution in [0.5, 0.6) is 0 Å². The lowest BCUT2D eigenvalue weighted by Gasteiger charge is -2.16. The lowest BCUT2D eigenvalue weighted by Crippen LogP contribution is -2.37. The van der Waals surface area contributed by atoms with Gasteiger partial charge in [-0.05, 0) is 6.92 Å². The highest BCUT2D eigenvalue weighted by Crippen LogP contribution is 2.12. The molecule has 1 heterocycles. The van der Waals surface area contributed by atoms with Crippen LogP contribution in [0.15, 0.2) is 0 Å². The second-order valence-electron chi connectivity index (χ2n) is 1.80. The van der Waals surface area contributed by atoms with Crippen molar-refractivity contribution in [1.29, 1.82) is 0 Å². The third-order valence-corrected chi connectivity index (χ3v) is 2.29. The molecule has 2 nitrogen and oxygen atoms in total. The Morgan fingerprint density at radius 1 is 1.88 bits per heavy atom. The number of thioether (sulfide) groups is 1. The van der Waals surface area contributed by atoms with E-state index in [4.69, 9.17) is 0 Å². The predicted molar refractivity (Wildman–Crippen MR) is 34.9 cm³/mol. The number of carbonyl (C=O) groups excluding carboxylic acids is 1. The molecule has 0 spiro atoms. The summed E-state index contributed by atoms with van der Waals surface area (Å²) >= 11 is 1.71. The van der Waals surface area contributed by atoms with E-state index >= 15 is 0 Å². The molecule has 1 fully saturated rings. The fourth-order valence-electron chi connectivity index (χ4n) is 0.629. The van der Waals surface area contributed by atoms with E-state index in [0.717, 1.165) is 12.3 Å². The molecule has 1 N–H and O–H groups in total. The average molecular weight is 131 g/mol. The van der Waals surface area contributed by atoms with Gasteiger partial charge in [0, 0.05) is 12.3 Å². The Bertz CT molecular complexity index is 105. The second kappa shape index (κ2) is 2.40. The van der Waals surface area contributed by atoms with Gasteiger partial charge in [0.1, 0.15) is 0 Å². The van der Waals surface area contributed by atoms with E-state index in [0.29, 0.717) is 0 Å². The zero-order valence-electron chi connectivity index (χ0n) is 4.81. The molecule has 1 amide bonds. The highest BCUT2D eigenvalue weighted by atomic mass is 32.2. The minimum absolute atomic E-state index is 0.170. The first-order chi connectivity index (χ1) is 3.80. The molecule has 1 saturated heterocycles. The molecule has 0 aromatic carbocycles. The van der Waals surface area contributed by atoms with Crippen LogP contribution in [-0.2, 0) is 4.79 Å². The van der Waals surface area contributed by atoms with Crippen LogP contribution in [0.4, 0.5) is 0 Å². The molecular formula is C5H9NOS. The van der Waals surface area contributed by atoms with Gasteiger partial charge in [0.2, 0.25) is 5.91 Å². The maximum atomic E-state index is 10.7. The summed E-state index contributed by atoms with van der Waals surface area (Å²) in [6.45, 7) is 2.77. The van der Waals surface area contributed by atoms with Crippen molar-refractivity contribution in [3.05, 3.63) is 0 Å². The molecule has 46 valence electrons. The van der Waals surface area contributed by atoms with Gasteiger partial charge in [-0.15, -0.1) is 11.8 Å². The van der Waals surface area contributed by atoms with Gasteiger partial charge in [0.05, 0.1) is 5.25 Å². The monoisotopic (exact) mass is 131 g/mol. The smallest absolute Gasteiger partial charge is 0.232 e. The maximum Gasteiger partial charge on any atom is 0.232 e. The third kappa shape index (κ3) is 1.15. The van der Waals surface area contributed by atoms with Gasteiger partial charge in [-0.3, -0.25) is 4.79 Å². The summed E-state index contributed by atoms with van der Waals surface area (Å²) in [4.78, 5) is 10.7. The van der Waals surface area contributed by atoms with E-state index in [-0.39, 0.29) is 11.2 Å². The van der Waals surface area contributed by atoms with Gasteiger partial charge in [-0.2, -0.15) is 0 Å². The van der Waals surface area contributed by atoms with Crippen LogP contribution in [0, 0.1) is 0 Å². The summed E-state index contributed by atoms with van der Waals surface area (Å²) < 4.78 is 0. The van der Waals surface area contributed by atoms with Crippen molar-refractivity contribution in [3.63, 3.8) is 0 Å². The summed E-state index contributed by atoms with van der Waals surface area (Å²) in [5, 5.41) is 2.94. The third-order valence-electron chi connectivity index (χ3n) is 1.14. The lowest BCUT2D eigenvalue weighted by atomic mass is 10.4. The van der Waals surface area contributed by atoms with E-state index in [9.17, 15) is 4.79 Å². The van der Waals surface area contributed by atoms with Crippen LogP contribution >= 0.6 is 11.8 Å². The summed E-state index contributed by atoms with van der Waals surface area (Å²) in [5.41, 5.74) is 0. The first-order valence-electron chi connectivity index (χ1n) is 2.70. The van der Waals surface area contributed by atoms with E-state index in [1.807, 2.05) is 6.92 Å². The first-order valence-corrected chi connectivity index (χ1v) is 3.75. The Hall–Kier alpha value is -0.180. The summed E-state index contributed by atoms with van der Waals surface area (Å²) in [7, 11) is 0. The first kappa shape index (κ1) is 5.95. The quantitative estimate of drug-likeness (QED) is 0.510. The minimum Gasteiger partial charge on any atom is -0.354 e. The van der Waals surface area contributed by atoms with E-state index in [2.05, 4.69) is 5.32 Å². The van der Waals surface area contributed by atoms with Crippen molar-refractivity contribution in [3.8, 4) is 0 Å². The van der Waals surface area contributed by atoms with Crippen molar-refractivity contribution in [1.82, 2.24) is 5.32 Å². The summed E-state index contributed by atoms with van der Waals surface area (Å²) in [6.07, 6.45) is 0. The van der Waals surface area contributed by atoms with E-state index in [1.165, 1.54) is 0 Å². The molecule has 1 rings (SSSR count). The largest absolute Gasteiger partial charge is 0.354 e. The molecule has 1 atom stereocenters. The zero-order chi connectivity index (χ0) is 5.98. The van der Waals surface area contributed by atoms with Gasteiger partial charge in [0.15, 0.2) is 0 Å². The van der Waals surface area contributed by atoms with Crippen molar-refractivity contribution in [2.75, 3.05) is 12.3 Å². The number of hydrogen-bond donors (Lipinski definition) is 1. The molecule has 8 heavy (non-hydrogen) atoms. The van der Waals surface area contributed by atoms with Gasteiger partial charge >= 0.3 is 0 Å². The van der Waals surface area contributed by atoms with Crippen molar-refractivity contribution in [2.45, 2.75) is 12.2 Å². The predicted octanol–water partition coefficient (Wildman–Crippen LogP) is 0.238. The van der Waals surface area contributed by atoms with Crippen LogP contribution in [0.1, 0.15) is 6.92 Å². The Morgan fingerprint density at radius 2 is 2.62 bits per heavy atom. The normalized spacial score (nSPS) is 29.6. The number of nitrogens with one attached hydrogen (secondary N) is 1. The summed E-state index contributed by atoms with van der Waals surface area (Å²) in [5.74, 6) is 1.24. The lowest BCUT2D eigenvalue weighted by molar-refractivity contribution is -0.120. The van der Waals surface area contributed by atoms with Crippen molar-refractivity contribution in [2.24, 2.45) is 0 Å². The average Bonchev–Trinajstić information content (AvgIpc) is 1.77. The molecule has 0 aromatic heterocycles. The Labute approximate surface area is 53.0 Å². The topological polar surface area (TPSA) is 29.1 Å². The second-order valence-corrected chi connectivity index (χ2v) is 3.25.